The topological polar surface area (TPSA) is 97.9 Å². The molecule has 0 aromatic carbocycles. The van der Waals surface area contributed by atoms with E-state index in [0.29, 0.717) is 24.9 Å². The van der Waals surface area contributed by atoms with Crippen molar-refractivity contribution in [2.24, 2.45) is 0 Å². The molecule has 0 saturated carbocycles. The first-order valence-electron chi connectivity index (χ1n) is 10.0. The zero-order valence-corrected chi connectivity index (χ0v) is 18.4. The Morgan fingerprint density at radius 2 is 2.06 bits per heavy atom. The normalized spacial score (nSPS) is 17.2. The molecule has 9 nitrogen and oxygen atoms in total. The van der Waals surface area contributed by atoms with Crippen LogP contribution in [0.25, 0.3) is 0 Å². The number of anilines is 1. The van der Waals surface area contributed by atoms with E-state index in [2.05, 4.69) is 27.1 Å². The van der Waals surface area contributed by atoms with Gasteiger partial charge in [0.1, 0.15) is 29.8 Å². The maximum Gasteiger partial charge on any atom is 0.291 e. The van der Waals surface area contributed by atoms with Gasteiger partial charge in [-0.15, -0.1) is 5.10 Å². The summed E-state index contributed by atoms with van der Waals surface area (Å²) in [6.45, 7) is 8.78. The first-order chi connectivity index (χ1) is 15.1. The number of halogens is 2. The molecule has 2 aromatic heterocycles. The molecule has 32 heavy (non-hydrogen) atoms. The van der Waals surface area contributed by atoms with Gasteiger partial charge in [-0.2, -0.15) is 5.10 Å². The van der Waals surface area contributed by atoms with Gasteiger partial charge in [-0.25, -0.2) is 23.1 Å². The Bertz CT molecular complexity index is 1130. The fourth-order valence-corrected chi connectivity index (χ4v) is 3.49. The first kappa shape index (κ1) is 23.0. The fourth-order valence-electron chi connectivity index (χ4n) is 3.49. The summed E-state index contributed by atoms with van der Waals surface area (Å²) >= 11 is 0. The van der Waals surface area contributed by atoms with Crippen LogP contribution in [0, 0.1) is 13.8 Å². The van der Waals surface area contributed by atoms with Crippen molar-refractivity contribution in [3.8, 4) is 0 Å². The number of aromatic nitrogens is 5. The van der Waals surface area contributed by atoms with Crippen LogP contribution < -0.4 is 10.2 Å². The number of hydrogen-bond donors (Lipinski definition) is 1. The molecule has 0 fully saturated rings. The van der Waals surface area contributed by atoms with E-state index in [1.54, 1.807) is 18.7 Å². The Kier molecular flexibility index (Phi) is 6.66. The van der Waals surface area contributed by atoms with Crippen LogP contribution in [-0.2, 0) is 17.9 Å². The zero-order chi connectivity index (χ0) is 23.6. The fraction of sp³-hybridized carbons (Fsp3) is 0.381. The van der Waals surface area contributed by atoms with Gasteiger partial charge in [-0.3, -0.25) is 14.5 Å². The maximum atomic E-state index is 14.0. The molecule has 0 bridgehead atoms. The molecule has 1 N–H and O–H groups in total. The summed E-state index contributed by atoms with van der Waals surface area (Å²) in [6, 6.07) is -0.775. The van der Waals surface area contributed by atoms with E-state index in [0.717, 1.165) is 11.3 Å². The summed E-state index contributed by atoms with van der Waals surface area (Å²) in [4.78, 5) is 31.0. The third-order valence-corrected chi connectivity index (χ3v) is 5.29. The van der Waals surface area contributed by atoms with E-state index in [9.17, 15) is 18.4 Å². The lowest BCUT2D eigenvalue weighted by Gasteiger charge is -2.20. The maximum absolute atomic E-state index is 14.0. The lowest BCUT2D eigenvalue weighted by molar-refractivity contribution is -0.120. The van der Waals surface area contributed by atoms with Crippen molar-refractivity contribution in [1.29, 1.82) is 0 Å². The summed E-state index contributed by atoms with van der Waals surface area (Å²) in [5.74, 6) is -2.06. The standard InChI is InChI=1S/C21H25F2N7O2/c1-6-15(16(23)9-12(2)22)10-29-11-24-18(27-29)19(31)25-17-7-8-30-20(28(5)21(17)32)13(3)14(4)26-30/h6,9,11,17H,2,7-8,10H2,1,3-5H3,(H,25,31)/b15-6-,16-9+/t17-/m0/s1. The van der Waals surface area contributed by atoms with Gasteiger partial charge in [0, 0.05) is 30.8 Å². The second-order valence-electron chi connectivity index (χ2n) is 7.49. The van der Waals surface area contributed by atoms with Crippen LogP contribution in [0.5, 0.6) is 0 Å². The molecule has 2 aromatic rings. The van der Waals surface area contributed by atoms with E-state index in [4.69, 9.17) is 0 Å². The number of nitrogens with zero attached hydrogens (tertiary/aromatic N) is 6. The molecule has 3 rings (SSSR count). The predicted octanol–water partition coefficient (Wildman–Crippen LogP) is 2.54. The third-order valence-electron chi connectivity index (χ3n) is 5.29. The summed E-state index contributed by atoms with van der Waals surface area (Å²) in [6.07, 6.45) is 3.75. The number of aryl methyl sites for hydroxylation is 2. The first-order valence-corrected chi connectivity index (χ1v) is 10.0. The van der Waals surface area contributed by atoms with E-state index in [1.165, 1.54) is 22.0 Å². The number of rotatable bonds is 6. The largest absolute Gasteiger partial charge is 0.337 e. The summed E-state index contributed by atoms with van der Waals surface area (Å²) in [5, 5.41) is 11.2. The van der Waals surface area contributed by atoms with Gasteiger partial charge in [0.15, 0.2) is 0 Å². The van der Waals surface area contributed by atoms with Crippen LogP contribution in [0.4, 0.5) is 14.6 Å². The predicted molar refractivity (Wildman–Crippen MR) is 114 cm³/mol. The van der Waals surface area contributed by atoms with Crippen LogP contribution >= 0.6 is 0 Å². The Balaban J connectivity index is 1.70. The molecule has 0 spiro atoms. The van der Waals surface area contributed by atoms with Gasteiger partial charge >= 0.3 is 0 Å². The minimum atomic E-state index is -0.911. The summed E-state index contributed by atoms with van der Waals surface area (Å²) in [7, 11) is 1.65. The van der Waals surface area contributed by atoms with Crippen molar-refractivity contribution in [2.45, 2.75) is 46.3 Å². The molecule has 1 aliphatic rings. The molecular weight excluding hydrogens is 420 g/mol. The lowest BCUT2D eigenvalue weighted by atomic mass is 10.2. The van der Waals surface area contributed by atoms with Gasteiger partial charge in [0.2, 0.25) is 5.82 Å². The molecule has 1 aliphatic heterocycles. The molecule has 2 amide bonds. The zero-order valence-electron chi connectivity index (χ0n) is 18.4. The number of hydrogen-bond acceptors (Lipinski definition) is 5. The monoisotopic (exact) mass is 445 g/mol. The Morgan fingerprint density at radius 1 is 1.34 bits per heavy atom. The molecular formula is C21H25F2N7O2. The van der Waals surface area contributed by atoms with Crippen molar-refractivity contribution < 1.29 is 18.4 Å². The highest BCUT2D eigenvalue weighted by atomic mass is 19.1. The van der Waals surface area contributed by atoms with Crippen molar-refractivity contribution in [3.63, 3.8) is 0 Å². The summed E-state index contributed by atoms with van der Waals surface area (Å²) < 4.78 is 29.9. The molecule has 11 heteroatoms. The minimum absolute atomic E-state index is 0.0583. The molecule has 170 valence electrons. The second kappa shape index (κ2) is 9.25. The minimum Gasteiger partial charge on any atom is -0.337 e. The van der Waals surface area contributed by atoms with Crippen LogP contribution in [0.15, 0.2) is 42.3 Å². The van der Waals surface area contributed by atoms with Crippen molar-refractivity contribution >= 4 is 17.6 Å². The number of fused-ring (bicyclic) bond motifs is 1. The highest BCUT2D eigenvalue weighted by Gasteiger charge is 2.32. The molecule has 1 atom stereocenters. The van der Waals surface area contributed by atoms with Crippen LogP contribution in [0.1, 0.15) is 35.2 Å². The van der Waals surface area contributed by atoms with Crippen LogP contribution in [-0.4, -0.2) is 49.4 Å². The number of amides is 2. The number of carbonyl (C=O) groups is 2. The SMILES string of the molecule is C=C(F)/C=C(F)\C(=C/C)Cn1cnc(C(=O)N[C@H]2CCn3nc(C)c(C)c3N(C)C2=O)n1. The third kappa shape index (κ3) is 4.66. The van der Waals surface area contributed by atoms with Crippen molar-refractivity contribution in [3.05, 3.63) is 59.4 Å². The van der Waals surface area contributed by atoms with Crippen molar-refractivity contribution in [2.75, 3.05) is 11.9 Å². The van der Waals surface area contributed by atoms with Gasteiger partial charge in [0.25, 0.3) is 11.8 Å². The van der Waals surface area contributed by atoms with E-state index < -0.39 is 23.6 Å². The number of allylic oxidation sites excluding steroid dienone is 5. The molecule has 0 saturated heterocycles. The number of likely N-dealkylation sites (N-methyl/N-ethyl adjacent to an activating group) is 1. The Morgan fingerprint density at radius 3 is 2.72 bits per heavy atom. The summed E-state index contributed by atoms with van der Waals surface area (Å²) in [5.41, 5.74) is 1.91. The second-order valence-corrected chi connectivity index (χ2v) is 7.49. The highest BCUT2D eigenvalue weighted by molar-refractivity contribution is 6.01. The Hall–Kier alpha value is -3.63. The van der Waals surface area contributed by atoms with Crippen LogP contribution in [0.2, 0.25) is 0 Å². The van der Waals surface area contributed by atoms with Gasteiger partial charge in [-0.1, -0.05) is 12.7 Å². The van der Waals surface area contributed by atoms with E-state index in [1.807, 2.05) is 13.8 Å². The van der Waals surface area contributed by atoms with Crippen molar-refractivity contribution in [1.82, 2.24) is 29.9 Å². The average Bonchev–Trinajstić information content (AvgIpc) is 3.29. The van der Waals surface area contributed by atoms with Crippen LogP contribution in [0.3, 0.4) is 0 Å². The Labute approximate surface area is 184 Å². The highest BCUT2D eigenvalue weighted by Crippen LogP contribution is 2.26. The van der Waals surface area contributed by atoms with E-state index >= 15 is 0 Å². The number of nitrogens with one attached hydrogen (secondary N) is 1. The number of carbonyl (C=O) groups excluding carboxylic acids is 2. The molecule has 0 aliphatic carbocycles. The smallest absolute Gasteiger partial charge is 0.291 e. The molecule has 3 heterocycles. The van der Waals surface area contributed by atoms with Gasteiger partial charge in [-0.05, 0) is 27.2 Å². The average molecular weight is 445 g/mol. The molecule has 0 radical (unpaired) electrons. The van der Waals surface area contributed by atoms with Gasteiger partial charge in [0.05, 0.1) is 12.2 Å². The van der Waals surface area contributed by atoms with Gasteiger partial charge < -0.3 is 5.32 Å². The molecule has 0 unspecified atom stereocenters. The van der Waals surface area contributed by atoms with E-state index in [-0.39, 0.29) is 23.8 Å². The lowest BCUT2D eigenvalue weighted by Crippen LogP contribution is -2.47. The quantitative estimate of drug-likeness (QED) is 0.689.